The van der Waals surface area contributed by atoms with Crippen molar-refractivity contribution >= 4 is 17.6 Å². The monoisotopic (exact) mass is 242 g/mol. The molecule has 16 heavy (non-hydrogen) atoms. The van der Waals surface area contributed by atoms with Gasteiger partial charge in [-0.05, 0) is 12.1 Å². The summed E-state index contributed by atoms with van der Waals surface area (Å²) in [7, 11) is 4.93. The van der Waals surface area contributed by atoms with Crippen LogP contribution in [0.4, 0.5) is 4.79 Å². The normalized spacial score (nSPS) is 9.75. The average molecular weight is 243 g/mol. The maximum atomic E-state index is 11.4. The number of amides is 2. The van der Waals surface area contributed by atoms with Crippen molar-refractivity contribution in [3.05, 3.63) is 28.8 Å². The molecular weight excluding hydrogens is 228 g/mol. The van der Waals surface area contributed by atoms with E-state index in [4.69, 9.17) is 16.3 Å². The highest BCUT2D eigenvalue weighted by Crippen LogP contribution is 2.25. The number of hydrogen-bond donors (Lipinski definition) is 1. The first kappa shape index (κ1) is 12.6. The van der Waals surface area contributed by atoms with Crippen LogP contribution < -0.4 is 10.1 Å². The van der Waals surface area contributed by atoms with Gasteiger partial charge < -0.3 is 15.0 Å². The maximum absolute atomic E-state index is 11.4. The second-order valence-electron chi connectivity index (χ2n) is 3.47. The molecule has 1 rings (SSSR count). The Morgan fingerprint density at radius 3 is 2.75 bits per heavy atom. The number of carbonyl (C=O) groups excluding carboxylic acids is 1. The molecule has 0 radical (unpaired) electrons. The third-order valence-electron chi connectivity index (χ3n) is 2.12. The highest BCUT2D eigenvalue weighted by molar-refractivity contribution is 6.31. The minimum atomic E-state index is -0.165. The number of urea groups is 1. The predicted octanol–water partition coefficient (Wildman–Crippen LogP) is 2.12. The summed E-state index contributed by atoms with van der Waals surface area (Å²) in [5.74, 6) is 0.673. The first-order valence-electron chi connectivity index (χ1n) is 4.82. The largest absolute Gasteiger partial charge is 0.496 e. The molecule has 0 saturated carbocycles. The molecule has 0 saturated heterocycles. The van der Waals surface area contributed by atoms with Crippen molar-refractivity contribution in [2.24, 2.45) is 0 Å². The van der Waals surface area contributed by atoms with Gasteiger partial charge >= 0.3 is 6.03 Å². The van der Waals surface area contributed by atoms with Crippen LogP contribution in [0.15, 0.2) is 18.2 Å². The van der Waals surface area contributed by atoms with Crippen LogP contribution in [-0.2, 0) is 6.54 Å². The highest BCUT2D eigenvalue weighted by atomic mass is 35.5. The molecule has 0 aliphatic heterocycles. The molecule has 5 heteroatoms. The lowest BCUT2D eigenvalue weighted by Crippen LogP contribution is -2.34. The molecule has 4 nitrogen and oxygen atoms in total. The topological polar surface area (TPSA) is 41.6 Å². The minimum Gasteiger partial charge on any atom is -0.496 e. The molecule has 0 bridgehead atoms. The molecule has 1 N–H and O–H groups in total. The van der Waals surface area contributed by atoms with E-state index in [1.54, 1.807) is 33.3 Å². The Balaban J connectivity index is 2.76. The van der Waals surface area contributed by atoms with E-state index in [0.717, 1.165) is 5.56 Å². The molecule has 1 aromatic carbocycles. The number of ether oxygens (including phenoxy) is 1. The van der Waals surface area contributed by atoms with E-state index in [-0.39, 0.29) is 6.03 Å². The Labute approximate surface area is 100 Å². The number of halogens is 1. The summed E-state index contributed by atoms with van der Waals surface area (Å²) in [4.78, 5) is 12.8. The number of nitrogens with one attached hydrogen (secondary N) is 1. The van der Waals surface area contributed by atoms with Crippen molar-refractivity contribution in [1.82, 2.24) is 10.2 Å². The van der Waals surface area contributed by atoms with Gasteiger partial charge in [0.1, 0.15) is 5.75 Å². The summed E-state index contributed by atoms with van der Waals surface area (Å²) < 4.78 is 5.17. The second kappa shape index (κ2) is 5.61. The van der Waals surface area contributed by atoms with Crippen LogP contribution in [0.5, 0.6) is 5.75 Å². The van der Waals surface area contributed by atoms with E-state index >= 15 is 0 Å². The smallest absolute Gasteiger partial charge is 0.317 e. The van der Waals surface area contributed by atoms with E-state index in [9.17, 15) is 4.79 Å². The molecule has 0 aliphatic carbocycles. The lowest BCUT2D eigenvalue weighted by atomic mass is 10.2. The molecule has 0 aliphatic rings. The molecule has 0 atom stereocenters. The molecule has 0 heterocycles. The van der Waals surface area contributed by atoms with Crippen LogP contribution in [0.25, 0.3) is 0 Å². The van der Waals surface area contributed by atoms with Crippen molar-refractivity contribution in [1.29, 1.82) is 0 Å². The lowest BCUT2D eigenvalue weighted by molar-refractivity contribution is 0.217. The van der Waals surface area contributed by atoms with E-state index in [1.807, 2.05) is 6.07 Å². The Morgan fingerprint density at radius 1 is 1.50 bits per heavy atom. The number of benzene rings is 1. The Kier molecular flexibility index (Phi) is 4.43. The van der Waals surface area contributed by atoms with Crippen LogP contribution in [0.1, 0.15) is 5.56 Å². The Hall–Kier alpha value is -1.42. The second-order valence-corrected chi connectivity index (χ2v) is 3.88. The van der Waals surface area contributed by atoms with Gasteiger partial charge in [0.05, 0.1) is 7.11 Å². The van der Waals surface area contributed by atoms with Gasteiger partial charge in [0.15, 0.2) is 0 Å². The summed E-state index contributed by atoms with van der Waals surface area (Å²) in [5.41, 5.74) is 0.780. The molecule has 0 spiro atoms. The van der Waals surface area contributed by atoms with Gasteiger partial charge in [-0.1, -0.05) is 17.7 Å². The standard InChI is InChI=1S/C11H15ClN2O2/c1-14(2)11(15)13-7-8-9(12)5-4-6-10(8)16-3/h4-6H,7H2,1-3H3,(H,13,15). The van der Waals surface area contributed by atoms with E-state index < -0.39 is 0 Å². The first-order valence-corrected chi connectivity index (χ1v) is 5.20. The van der Waals surface area contributed by atoms with E-state index in [0.29, 0.717) is 17.3 Å². The van der Waals surface area contributed by atoms with Crippen molar-refractivity contribution < 1.29 is 9.53 Å². The zero-order chi connectivity index (χ0) is 12.1. The average Bonchev–Trinajstić information content (AvgIpc) is 2.26. The number of carbonyl (C=O) groups is 1. The fourth-order valence-corrected chi connectivity index (χ4v) is 1.46. The third-order valence-corrected chi connectivity index (χ3v) is 2.47. The van der Waals surface area contributed by atoms with Gasteiger partial charge in [0.25, 0.3) is 0 Å². The minimum absolute atomic E-state index is 0.165. The van der Waals surface area contributed by atoms with Crippen LogP contribution in [0.2, 0.25) is 5.02 Å². The number of methoxy groups -OCH3 is 1. The number of nitrogens with zero attached hydrogens (tertiary/aromatic N) is 1. The van der Waals surface area contributed by atoms with Gasteiger partial charge in [-0.25, -0.2) is 4.79 Å². The first-order chi connectivity index (χ1) is 7.56. The van der Waals surface area contributed by atoms with Gasteiger partial charge in [-0.2, -0.15) is 0 Å². The zero-order valence-electron chi connectivity index (χ0n) is 9.58. The number of hydrogen-bond acceptors (Lipinski definition) is 2. The van der Waals surface area contributed by atoms with Crippen LogP contribution >= 0.6 is 11.6 Å². The molecule has 1 aromatic rings. The van der Waals surface area contributed by atoms with Gasteiger partial charge in [-0.3, -0.25) is 0 Å². The summed E-state index contributed by atoms with van der Waals surface area (Å²) in [6.07, 6.45) is 0. The molecular formula is C11H15ClN2O2. The molecule has 0 fully saturated rings. The Morgan fingerprint density at radius 2 is 2.19 bits per heavy atom. The van der Waals surface area contributed by atoms with E-state index in [2.05, 4.69) is 5.32 Å². The quantitative estimate of drug-likeness (QED) is 0.882. The van der Waals surface area contributed by atoms with Crippen molar-refractivity contribution in [3.8, 4) is 5.75 Å². The summed E-state index contributed by atoms with van der Waals surface area (Å²) in [5, 5.41) is 3.32. The van der Waals surface area contributed by atoms with Gasteiger partial charge in [0, 0.05) is 31.2 Å². The Bertz CT molecular complexity index is 380. The zero-order valence-corrected chi connectivity index (χ0v) is 10.3. The summed E-state index contributed by atoms with van der Waals surface area (Å²) in [6.45, 7) is 0.347. The molecule has 2 amide bonds. The third kappa shape index (κ3) is 3.03. The van der Waals surface area contributed by atoms with Crippen LogP contribution in [0, 0.1) is 0 Å². The number of rotatable bonds is 3. The predicted molar refractivity (Wildman–Crippen MR) is 63.9 cm³/mol. The maximum Gasteiger partial charge on any atom is 0.317 e. The van der Waals surface area contributed by atoms with Crippen LogP contribution in [-0.4, -0.2) is 32.1 Å². The summed E-state index contributed by atoms with van der Waals surface area (Å²) in [6, 6.07) is 5.21. The van der Waals surface area contributed by atoms with Gasteiger partial charge in [-0.15, -0.1) is 0 Å². The molecule has 88 valence electrons. The lowest BCUT2D eigenvalue weighted by Gasteiger charge is -2.14. The fraction of sp³-hybridized carbons (Fsp3) is 0.364. The van der Waals surface area contributed by atoms with Crippen LogP contribution in [0.3, 0.4) is 0 Å². The molecule has 0 unspecified atom stereocenters. The van der Waals surface area contributed by atoms with Crippen molar-refractivity contribution in [3.63, 3.8) is 0 Å². The van der Waals surface area contributed by atoms with Gasteiger partial charge in [0.2, 0.25) is 0 Å². The van der Waals surface area contributed by atoms with E-state index in [1.165, 1.54) is 4.90 Å². The fourth-order valence-electron chi connectivity index (χ4n) is 1.22. The van der Waals surface area contributed by atoms with Crippen molar-refractivity contribution in [2.75, 3.05) is 21.2 Å². The SMILES string of the molecule is COc1cccc(Cl)c1CNC(=O)N(C)C. The molecule has 0 aromatic heterocycles. The summed E-state index contributed by atoms with van der Waals surface area (Å²) >= 11 is 6.03. The highest BCUT2D eigenvalue weighted by Gasteiger charge is 2.09. The van der Waals surface area contributed by atoms with Crippen molar-refractivity contribution in [2.45, 2.75) is 6.54 Å².